The predicted octanol–water partition coefficient (Wildman–Crippen LogP) is 2.05. The van der Waals surface area contributed by atoms with Crippen molar-refractivity contribution < 1.29 is 9.47 Å². The minimum atomic E-state index is -0.182. The van der Waals surface area contributed by atoms with Gasteiger partial charge in [-0.25, -0.2) is 0 Å². The average molecular weight is 220 g/mol. The highest BCUT2D eigenvalue weighted by Crippen LogP contribution is 2.31. The normalized spacial score (nSPS) is 11.4. The Hall–Kier alpha value is -1.89. The van der Waals surface area contributed by atoms with E-state index in [4.69, 9.17) is 14.7 Å². The van der Waals surface area contributed by atoms with E-state index >= 15 is 0 Å². The summed E-state index contributed by atoms with van der Waals surface area (Å²) in [5.74, 6) is 1.35. The number of anilines is 1. The van der Waals surface area contributed by atoms with E-state index in [-0.39, 0.29) is 6.04 Å². The second-order valence-corrected chi connectivity index (χ2v) is 3.46. The molecule has 0 saturated carbocycles. The van der Waals surface area contributed by atoms with Crippen LogP contribution in [0.3, 0.4) is 0 Å². The molecule has 1 aromatic carbocycles. The third kappa shape index (κ3) is 2.37. The van der Waals surface area contributed by atoms with Crippen molar-refractivity contribution in [2.75, 3.05) is 26.2 Å². The van der Waals surface area contributed by atoms with Crippen LogP contribution in [0.25, 0.3) is 0 Å². The summed E-state index contributed by atoms with van der Waals surface area (Å²) >= 11 is 0. The monoisotopic (exact) mass is 220 g/mol. The van der Waals surface area contributed by atoms with Gasteiger partial charge in [-0.15, -0.1) is 0 Å². The molecule has 0 fully saturated rings. The van der Waals surface area contributed by atoms with Gasteiger partial charge in [-0.2, -0.15) is 5.26 Å². The summed E-state index contributed by atoms with van der Waals surface area (Å²) in [6.07, 6.45) is 0. The Morgan fingerprint density at radius 2 is 1.88 bits per heavy atom. The summed E-state index contributed by atoms with van der Waals surface area (Å²) in [4.78, 5) is 1.88. The lowest BCUT2D eigenvalue weighted by atomic mass is 10.2. The minimum Gasteiger partial charge on any atom is -0.493 e. The van der Waals surface area contributed by atoms with Gasteiger partial charge in [0.2, 0.25) is 0 Å². The van der Waals surface area contributed by atoms with Crippen molar-refractivity contribution in [2.24, 2.45) is 0 Å². The Morgan fingerprint density at radius 1 is 1.25 bits per heavy atom. The lowest BCUT2D eigenvalue weighted by Gasteiger charge is -2.22. The lowest BCUT2D eigenvalue weighted by Crippen LogP contribution is -2.27. The van der Waals surface area contributed by atoms with Crippen LogP contribution in [0.5, 0.6) is 11.5 Å². The number of methoxy groups -OCH3 is 2. The fourth-order valence-corrected chi connectivity index (χ4v) is 1.35. The molecule has 0 heterocycles. The Balaban J connectivity index is 3.04. The van der Waals surface area contributed by atoms with Gasteiger partial charge in [-0.3, -0.25) is 0 Å². The molecule has 0 aliphatic heterocycles. The number of benzene rings is 1. The summed E-state index contributed by atoms with van der Waals surface area (Å²) in [6.45, 7) is 1.84. The van der Waals surface area contributed by atoms with Crippen LogP contribution in [0.1, 0.15) is 6.92 Å². The van der Waals surface area contributed by atoms with Crippen LogP contribution >= 0.6 is 0 Å². The average Bonchev–Trinajstić information content (AvgIpc) is 2.35. The van der Waals surface area contributed by atoms with Crippen molar-refractivity contribution in [1.82, 2.24) is 0 Å². The van der Waals surface area contributed by atoms with Gasteiger partial charge in [0.25, 0.3) is 0 Å². The van der Waals surface area contributed by atoms with E-state index in [9.17, 15) is 0 Å². The Bertz CT molecular complexity index is 398. The molecule has 1 atom stereocenters. The first-order chi connectivity index (χ1) is 7.63. The number of nitriles is 1. The highest BCUT2D eigenvalue weighted by molar-refractivity contribution is 5.57. The molecule has 0 spiro atoms. The standard InChI is InChI=1S/C12H16N2O2/c1-9(8-13)14(2)10-5-6-11(15-3)12(7-10)16-4/h5-7,9H,1-4H3. The third-order valence-electron chi connectivity index (χ3n) is 2.54. The van der Waals surface area contributed by atoms with Gasteiger partial charge >= 0.3 is 0 Å². The molecule has 1 unspecified atom stereocenters. The third-order valence-corrected chi connectivity index (χ3v) is 2.54. The number of hydrogen-bond acceptors (Lipinski definition) is 4. The van der Waals surface area contributed by atoms with Crippen molar-refractivity contribution >= 4 is 5.69 Å². The molecule has 4 heteroatoms. The second kappa shape index (κ2) is 5.26. The maximum absolute atomic E-state index is 8.85. The van der Waals surface area contributed by atoms with E-state index in [1.807, 2.05) is 37.1 Å². The topological polar surface area (TPSA) is 45.5 Å². The molecule has 4 nitrogen and oxygen atoms in total. The first-order valence-electron chi connectivity index (χ1n) is 4.98. The van der Waals surface area contributed by atoms with E-state index in [1.54, 1.807) is 14.2 Å². The molecule has 0 bridgehead atoms. The van der Waals surface area contributed by atoms with E-state index in [0.29, 0.717) is 11.5 Å². The zero-order chi connectivity index (χ0) is 12.1. The molecule has 0 aromatic heterocycles. The summed E-state index contributed by atoms with van der Waals surface area (Å²) in [7, 11) is 5.06. The maximum Gasteiger partial charge on any atom is 0.162 e. The van der Waals surface area contributed by atoms with Crippen LogP contribution < -0.4 is 14.4 Å². The molecule has 0 N–H and O–H groups in total. The van der Waals surface area contributed by atoms with Crippen LogP contribution in [0.15, 0.2) is 18.2 Å². The van der Waals surface area contributed by atoms with Crippen LogP contribution in [0.2, 0.25) is 0 Å². The van der Waals surface area contributed by atoms with Crippen LogP contribution in [0.4, 0.5) is 5.69 Å². The number of hydrogen-bond donors (Lipinski definition) is 0. The van der Waals surface area contributed by atoms with Crippen LogP contribution in [-0.4, -0.2) is 27.3 Å². The highest BCUT2D eigenvalue weighted by atomic mass is 16.5. The van der Waals surface area contributed by atoms with Gasteiger partial charge in [-0.05, 0) is 19.1 Å². The maximum atomic E-state index is 8.85. The molecule has 86 valence electrons. The fraction of sp³-hybridized carbons (Fsp3) is 0.417. The number of rotatable bonds is 4. The Morgan fingerprint density at radius 3 is 2.38 bits per heavy atom. The van der Waals surface area contributed by atoms with Gasteiger partial charge in [0, 0.05) is 18.8 Å². The summed E-state index contributed by atoms with van der Waals surface area (Å²) in [5.41, 5.74) is 0.923. The molecule has 0 saturated heterocycles. The quantitative estimate of drug-likeness (QED) is 0.779. The van der Waals surface area contributed by atoms with Gasteiger partial charge in [0.05, 0.1) is 20.3 Å². The fourth-order valence-electron chi connectivity index (χ4n) is 1.35. The summed E-state index contributed by atoms with van der Waals surface area (Å²) < 4.78 is 10.4. The molecular formula is C12H16N2O2. The zero-order valence-corrected chi connectivity index (χ0v) is 10.0. The van der Waals surface area contributed by atoms with Crippen molar-refractivity contribution in [1.29, 1.82) is 5.26 Å². The number of ether oxygens (including phenoxy) is 2. The lowest BCUT2D eigenvalue weighted by molar-refractivity contribution is 0.355. The van der Waals surface area contributed by atoms with E-state index in [1.165, 1.54) is 0 Å². The SMILES string of the molecule is COc1ccc(N(C)C(C)C#N)cc1OC. The summed E-state index contributed by atoms with van der Waals surface area (Å²) in [6, 6.07) is 7.58. The molecule has 0 aliphatic rings. The van der Waals surface area contributed by atoms with Crippen molar-refractivity contribution in [2.45, 2.75) is 13.0 Å². The van der Waals surface area contributed by atoms with Crippen LogP contribution in [0, 0.1) is 11.3 Å². The van der Waals surface area contributed by atoms with Gasteiger partial charge in [0.1, 0.15) is 6.04 Å². The smallest absolute Gasteiger partial charge is 0.162 e. The van der Waals surface area contributed by atoms with Crippen molar-refractivity contribution in [3.05, 3.63) is 18.2 Å². The molecule has 0 aliphatic carbocycles. The van der Waals surface area contributed by atoms with Crippen molar-refractivity contribution in [3.8, 4) is 17.6 Å². The van der Waals surface area contributed by atoms with Crippen molar-refractivity contribution in [3.63, 3.8) is 0 Å². The Labute approximate surface area is 96.0 Å². The van der Waals surface area contributed by atoms with E-state index in [0.717, 1.165) is 5.69 Å². The molecule has 1 rings (SSSR count). The van der Waals surface area contributed by atoms with Gasteiger partial charge in [0.15, 0.2) is 11.5 Å². The first kappa shape index (κ1) is 12.2. The van der Waals surface area contributed by atoms with Gasteiger partial charge < -0.3 is 14.4 Å². The highest BCUT2D eigenvalue weighted by Gasteiger charge is 2.11. The second-order valence-electron chi connectivity index (χ2n) is 3.46. The predicted molar refractivity (Wildman–Crippen MR) is 63.0 cm³/mol. The first-order valence-corrected chi connectivity index (χ1v) is 4.98. The Kier molecular flexibility index (Phi) is 4.01. The molecule has 0 amide bonds. The minimum absolute atomic E-state index is 0.182. The van der Waals surface area contributed by atoms with Gasteiger partial charge in [-0.1, -0.05) is 0 Å². The summed E-state index contributed by atoms with van der Waals surface area (Å²) in [5, 5.41) is 8.85. The molecule has 1 aromatic rings. The van der Waals surface area contributed by atoms with Crippen LogP contribution in [-0.2, 0) is 0 Å². The van der Waals surface area contributed by atoms with E-state index < -0.39 is 0 Å². The molecule has 16 heavy (non-hydrogen) atoms. The molecular weight excluding hydrogens is 204 g/mol. The van der Waals surface area contributed by atoms with E-state index in [2.05, 4.69) is 6.07 Å². The number of nitrogens with zero attached hydrogens (tertiary/aromatic N) is 2. The largest absolute Gasteiger partial charge is 0.493 e. The zero-order valence-electron chi connectivity index (χ0n) is 10.0. The molecule has 0 radical (unpaired) electrons.